The fourth-order valence-corrected chi connectivity index (χ4v) is 2.37. The average Bonchev–Trinajstić information content (AvgIpc) is 2.04. The molecule has 1 aliphatic heterocycles. The molecule has 1 heteroatoms. The summed E-state index contributed by atoms with van der Waals surface area (Å²) < 4.78 is 0. The van der Waals surface area contributed by atoms with Crippen molar-refractivity contribution in [3.05, 3.63) is 34.1 Å². The zero-order valence-corrected chi connectivity index (χ0v) is 7.37. The molecule has 1 heterocycles. The molecule has 1 aliphatic carbocycles. The van der Waals surface area contributed by atoms with E-state index in [0.717, 1.165) is 12.2 Å². The van der Waals surface area contributed by atoms with Crippen molar-refractivity contribution in [1.82, 2.24) is 0 Å². The number of fused-ring (bicyclic) bond motifs is 1. The van der Waals surface area contributed by atoms with Gasteiger partial charge in [-0.1, -0.05) is 23.1 Å². The van der Waals surface area contributed by atoms with Gasteiger partial charge < -0.3 is 0 Å². The van der Waals surface area contributed by atoms with E-state index < -0.39 is 0 Å². The fraction of sp³-hybridized carbons (Fsp3) is 0.400. The number of hydrogen-bond donors (Lipinski definition) is 0. The molecule has 56 valence electrons. The van der Waals surface area contributed by atoms with Crippen LogP contribution in [0.25, 0.3) is 0 Å². The van der Waals surface area contributed by atoms with Crippen LogP contribution in [0.1, 0.15) is 13.3 Å². The van der Waals surface area contributed by atoms with E-state index in [1.165, 1.54) is 10.5 Å². The zero-order valence-electron chi connectivity index (χ0n) is 6.55. The lowest BCUT2D eigenvalue weighted by molar-refractivity contribution is 0.800. The number of rotatable bonds is 0. The van der Waals surface area contributed by atoms with E-state index in [9.17, 15) is 0 Å². The summed E-state index contributed by atoms with van der Waals surface area (Å²) in [4.78, 5) is 1.37. The molecule has 0 saturated heterocycles. The highest BCUT2D eigenvalue weighted by Crippen LogP contribution is 2.35. The SMILES string of the molecule is CC1=CC2CC=C=C=C2SC1. The smallest absolute Gasteiger partial charge is 0.0425 e. The second-order valence-corrected chi connectivity index (χ2v) is 4.00. The van der Waals surface area contributed by atoms with Gasteiger partial charge in [-0.15, -0.1) is 11.8 Å². The molecule has 11 heavy (non-hydrogen) atoms. The average molecular weight is 162 g/mol. The van der Waals surface area contributed by atoms with E-state index in [-0.39, 0.29) is 0 Å². The Morgan fingerprint density at radius 3 is 3.45 bits per heavy atom. The predicted molar refractivity (Wildman–Crippen MR) is 49.4 cm³/mol. The minimum absolute atomic E-state index is 0.620. The summed E-state index contributed by atoms with van der Waals surface area (Å²) in [5, 5.41) is 0. The van der Waals surface area contributed by atoms with Crippen molar-refractivity contribution >= 4 is 11.8 Å². The van der Waals surface area contributed by atoms with Gasteiger partial charge in [-0.2, -0.15) is 0 Å². The van der Waals surface area contributed by atoms with Crippen LogP contribution in [0, 0.1) is 5.92 Å². The highest BCUT2D eigenvalue weighted by atomic mass is 32.2. The molecule has 0 bridgehead atoms. The molecule has 0 N–H and O–H groups in total. The molecule has 0 aromatic carbocycles. The van der Waals surface area contributed by atoms with Crippen molar-refractivity contribution in [2.24, 2.45) is 5.92 Å². The third-order valence-electron chi connectivity index (χ3n) is 1.95. The lowest BCUT2D eigenvalue weighted by Gasteiger charge is -2.20. The first-order valence-electron chi connectivity index (χ1n) is 3.86. The van der Waals surface area contributed by atoms with Crippen LogP contribution in [0.3, 0.4) is 0 Å². The number of hydrogen-bond acceptors (Lipinski definition) is 1. The van der Waals surface area contributed by atoms with Crippen molar-refractivity contribution in [1.29, 1.82) is 0 Å². The summed E-state index contributed by atoms with van der Waals surface area (Å²) in [6.07, 6.45) is 5.55. The Kier molecular flexibility index (Phi) is 1.79. The summed E-state index contributed by atoms with van der Waals surface area (Å²) in [7, 11) is 0. The van der Waals surface area contributed by atoms with E-state index in [1.807, 2.05) is 11.8 Å². The van der Waals surface area contributed by atoms with E-state index in [2.05, 4.69) is 30.5 Å². The lowest BCUT2D eigenvalue weighted by Crippen LogP contribution is -2.05. The molecule has 0 radical (unpaired) electrons. The molecular formula is C10H10S. The van der Waals surface area contributed by atoms with Crippen molar-refractivity contribution in [2.75, 3.05) is 5.75 Å². The van der Waals surface area contributed by atoms with Gasteiger partial charge in [0.05, 0.1) is 0 Å². The molecule has 0 aromatic rings. The van der Waals surface area contributed by atoms with Crippen LogP contribution in [-0.2, 0) is 0 Å². The maximum atomic E-state index is 3.17. The predicted octanol–water partition coefficient (Wildman–Crippen LogP) is 2.89. The van der Waals surface area contributed by atoms with Crippen LogP contribution in [0.5, 0.6) is 0 Å². The first-order chi connectivity index (χ1) is 5.36. The molecule has 0 fully saturated rings. The Bertz CT molecular complexity index is 297. The van der Waals surface area contributed by atoms with E-state index in [1.54, 1.807) is 0 Å². The van der Waals surface area contributed by atoms with Gasteiger partial charge in [-0.25, -0.2) is 0 Å². The molecule has 0 aromatic heterocycles. The third-order valence-corrected chi connectivity index (χ3v) is 3.26. The number of allylic oxidation sites excluding steroid dienone is 3. The van der Waals surface area contributed by atoms with Crippen molar-refractivity contribution in [3.8, 4) is 0 Å². The Morgan fingerprint density at radius 1 is 1.64 bits per heavy atom. The van der Waals surface area contributed by atoms with Crippen LogP contribution in [0.4, 0.5) is 0 Å². The Balaban J connectivity index is 2.38. The molecule has 1 atom stereocenters. The molecule has 1 unspecified atom stereocenters. The largest absolute Gasteiger partial charge is 0.116 e. The summed E-state index contributed by atoms with van der Waals surface area (Å²) in [5.74, 6) is 1.76. The van der Waals surface area contributed by atoms with Gasteiger partial charge >= 0.3 is 0 Å². The van der Waals surface area contributed by atoms with Gasteiger partial charge in [-0.05, 0) is 19.4 Å². The Labute approximate surface area is 71.4 Å². The molecule has 2 rings (SSSR count). The standard InChI is InChI=1S/C10H10S/c1-8-6-9-4-2-3-5-10(9)11-7-8/h2,6,9H,4,7H2,1H3. The maximum absolute atomic E-state index is 3.17. The first-order valence-corrected chi connectivity index (χ1v) is 4.85. The second-order valence-electron chi connectivity index (χ2n) is 2.98. The van der Waals surface area contributed by atoms with Gasteiger partial charge in [-0.3, -0.25) is 0 Å². The van der Waals surface area contributed by atoms with Crippen molar-refractivity contribution in [2.45, 2.75) is 13.3 Å². The molecule has 2 aliphatic rings. The van der Waals surface area contributed by atoms with Crippen molar-refractivity contribution < 1.29 is 0 Å². The first kappa shape index (κ1) is 7.06. The molecule has 0 amide bonds. The summed E-state index contributed by atoms with van der Waals surface area (Å²) in [6.45, 7) is 2.20. The van der Waals surface area contributed by atoms with E-state index in [0.29, 0.717) is 5.92 Å². The van der Waals surface area contributed by atoms with Crippen LogP contribution >= 0.6 is 11.8 Å². The number of thioether (sulfide) groups is 1. The normalized spacial score (nSPS) is 27.5. The summed E-state index contributed by atoms with van der Waals surface area (Å²) in [5.41, 5.74) is 7.71. The minimum Gasteiger partial charge on any atom is -0.116 e. The summed E-state index contributed by atoms with van der Waals surface area (Å²) in [6, 6.07) is 0. The van der Waals surface area contributed by atoms with Gasteiger partial charge in [0.25, 0.3) is 0 Å². The van der Waals surface area contributed by atoms with Gasteiger partial charge in [0.2, 0.25) is 0 Å². The van der Waals surface area contributed by atoms with Gasteiger partial charge in [0, 0.05) is 16.6 Å². The Hall–Kier alpha value is -0.610. The molecule has 0 saturated carbocycles. The quantitative estimate of drug-likeness (QED) is 0.390. The minimum atomic E-state index is 0.620. The van der Waals surface area contributed by atoms with E-state index in [4.69, 9.17) is 0 Å². The second kappa shape index (κ2) is 2.79. The van der Waals surface area contributed by atoms with Gasteiger partial charge in [0.1, 0.15) is 0 Å². The molecular weight excluding hydrogens is 152 g/mol. The topological polar surface area (TPSA) is 0 Å². The van der Waals surface area contributed by atoms with Crippen molar-refractivity contribution in [3.63, 3.8) is 0 Å². The van der Waals surface area contributed by atoms with Crippen LogP contribution in [0.15, 0.2) is 34.1 Å². The van der Waals surface area contributed by atoms with E-state index >= 15 is 0 Å². The molecule has 0 nitrogen and oxygen atoms in total. The maximum Gasteiger partial charge on any atom is 0.0425 e. The highest BCUT2D eigenvalue weighted by Gasteiger charge is 2.17. The Morgan fingerprint density at radius 2 is 2.55 bits per heavy atom. The molecule has 0 spiro atoms. The van der Waals surface area contributed by atoms with Crippen LogP contribution in [0.2, 0.25) is 0 Å². The zero-order chi connectivity index (χ0) is 7.68. The van der Waals surface area contributed by atoms with Crippen LogP contribution in [-0.4, -0.2) is 5.75 Å². The third kappa shape index (κ3) is 1.36. The van der Waals surface area contributed by atoms with Crippen LogP contribution < -0.4 is 0 Å². The summed E-state index contributed by atoms with van der Waals surface area (Å²) >= 11 is 1.91. The highest BCUT2D eigenvalue weighted by molar-refractivity contribution is 8.03. The monoisotopic (exact) mass is 162 g/mol. The van der Waals surface area contributed by atoms with Gasteiger partial charge in [0.15, 0.2) is 0 Å². The fourth-order valence-electron chi connectivity index (χ4n) is 1.38. The lowest BCUT2D eigenvalue weighted by atomic mass is 10.00.